The van der Waals surface area contributed by atoms with Crippen LogP contribution < -0.4 is 4.74 Å². The molecule has 19 heavy (non-hydrogen) atoms. The van der Waals surface area contributed by atoms with Gasteiger partial charge < -0.3 is 9.47 Å². The molecular formula is C17H22O2. The molecule has 2 heteroatoms. The van der Waals surface area contributed by atoms with Gasteiger partial charge >= 0.3 is 0 Å². The van der Waals surface area contributed by atoms with Crippen molar-refractivity contribution in [1.82, 2.24) is 0 Å². The van der Waals surface area contributed by atoms with Crippen LogP contribution in [0.25, 0.3) is 0 Å². The highest BCUT2D eigenvalue weighted by Crippen LogP contribution is 2.36. The molecule has 0 unspecified atom stereocenters. The van der Waals surface area contributed by atoms with Crippen molar-refractivity contribution in [1.29, 1.82) is 0 Å². The molecule has 2 nitrogen and oxygen atoms in total. The van der Waals surface area contributed by atoms with E-state index in [-0.39, 0.29) is 5.60 Å². The van der Waals surface area contributed by atoms with Crippen molar-refractivity contribution in [3.05, 3.63) is 53.6 Å². The van der Waals surface area contributed by atoms with Crippen LogP contribution in [-0.4, -0.2) is 13.7 Å². The molecule has 1 aromatic rings. The highest BCUT2D eigenvalue weighted by molar-refractivity contribution is 5.35. The fourth-order valence-corrected chi connectivity index (χ4v) is 2.41. The molecule has 1 atom stereocenters. The van der Waals surface area contributed by atoms with Crippen LogP contribution in [0.4, 0.5) is 0 Å². The quantitative estimate of drug-likeness (QED) is 0.736. The normalized spacial score (nSPS) is 21.4. The zero-order valence-electron chi connectivity index (χ0n) is 12.0. The van der Waals surface area contributed by atoms with Gasteiger partial charge in [0, 0.05) is 0 Å². The first-order valence-electron chi connectivity index (χ1n) is 6.76. The summed E-state index contributed by atoms with van der Waals surface area (Å²) in [5.74, 6) is 0.880. The molecule has 1 aliphatic heterocycles. The highest BCUT2D eigenvalue weighted by Gasteiger charge is 2.32. The van der Waals surface area contributed by atoms with Gasteiger partial charge in [-0.15, -0.1) is 0 Å². The Bertz CT molecular complexity index is 467. The van der Waals surface area contributed by atoms with Gasteiger partial charge in [0.15, 0.2) is 0 Å². The lowest BCUT2D eigenvalue weighted by Gasteiger charge is -2.27. The van der Waals surface area contributed by atoms with Crippen LogP contribution in [0.5, 0.6) is 5.75 Å². The molecule has 0 fully saturated rings. The van der Waals surface area contributed by atoms with E-state index in [1.54, 1.807) is 7.11 Å². The van der Waals surface area contributed by atoms with Gasteiger partial charge in [0.05, 0.1) is 13.7 Å². The summed E-state index contributed by atoms with van der Waals surface area (Å²) in [6, 6.07) is 8.18. The molecule has 0 spiro atoms. The molecule has 0 bridgehead atoms. The first kappa shape index (κ1) is 13.9. The number of allylic oxidation sites excluding steroid dienone is 2. The second-order valence-corrected chi connectivity index (χ2v) is 5.15. The molecule has 0 amide bonds. The van der Waals surface area contributed by atoms with Crippen LogP contribution in [0, 0.1) is 0 Å². The SMILES string of the molecule is COc1ccc([C@@]2(CCC=C(C)C)C=CCO2)cc1. The van der Waals surface area contributed by atoms with E-state index in [0.29, 0.717) is 6.61 Å². The summed E-state index contributed by atoms with van der Waals surface area (Å²) >= 11 is 0. The molecule has 0 saturated heterocycles. The van der Waals surface area contributed by atoms with Crippen molar-refractivity contribution in [2.24, 2.45) is 0 Å². The van der Waals surface area contributed by atoms with Crippen LogP contribution >= 0.6 is 0 Å². The van der Waals surface area contributed by atoms with E-state index in [0.717, 1.165) is 18.6 Å². The van der Waals surface area contributed by atoms with E-state index >= 15 is 0 Å². The van der Waals surface area contributed by atoms with Gasteiger partial charge in [0.1, 0.15) is 11.4 Å². The summed E-state index contributed by atoms with van der Waals surface area (Å²) in [5, 5.41) is 0. The van der Waals surface area contributed by atoms with E-state index in [2.05, 4.69) is 44.2 Å². The monoisotopic (exact) mass is 258 g/mol. The van der Waals surface area contributed by atoms with Gasteiger partial charge in [-0.3, -0.25) is 0 Å². The Morgan fingerprint density at radius 3 is 2.58 bits per heavy atom. The standard InChI is InChI=1S/C17H22O2/c1-14(2)6-4-11-17(12-5-13-19-17)15-7-9-16(18-3)10-8-15/h5-10,12H,4,11,13H2,1-3H3/t17-/m1/s1. The van der Waals surface area contributed by atoms with Crippen LogP contribution in [0.3, 0.4) is 0 Å². The number of methoxy groups -OCH3 is 1. The predicted octanol–water partition coefficient (Wildman–Crippen LogP) is 4.22. The minimum atomic E-state index is -0.266. The Hall–Kier alpha value is -1.54. The molecule has 2 rings (SSSR count). The number of hydrogen-bond acceptors (Lipinski definition) is 2. The van der Waals surface area contributed by atoms with Gasteiger partial charge in [0.2, 0.25) is 0 Å². The van der Waals surface area contributed by atoms with Crippen LogP contribution in [0.2, 0.25) is 0 Å². The van der Waals surface area contributed by atoms with Crippen molar-refractivity contribution >= 4 is 0 Å². The molecule has 0 radical (unpaired) electrons. The molecule has 1 aromatic carbocycles. The fraction of sp³-hybridized carbons (Fsp3) is 0.412. The second kappa shape index (κ2) is 6.07. The molecule has 0 saturated carbocycles. The van der Waals surface area contributed by atoms with Crippen molar-refractivity contribution in [2.75, 3.05) is 13.7 Å². The lowest BCUT2D eigenvalue weighted by Crippen LogP contribution is -2.23. The summed E-state index contributed by atoms with van der Waals surface area (Å²) < 4.78 is 11.2. The van der Waals surface area contributed by atoms with Gasteiger partial charge in [-0.25, -0.2) is 0 Å². The van der Waals surface area contributed by atoms with E-state index in [4.69, 9.17) is 9.47 Å². The van der Waals surface area contributed by atoms with Crippen LogP contribution in [0.1, 0.15) is 32.3 Å². The van der Waals surface area contributed by atoms with Crippen molar-refractivity contribution in [3.63, 3.8) is 0 Å². The van der Waals surface area contributed by atoms with E-state index < -0.39 is 0 Å². The summed E-state index contributed by atoms with van der Waals surface area (Å²) in [6.45, 7) is 4.96. The van der Waals surface area contributed by atoms with Gasteiger partial charge in [-0.2, -0.15) is 0 Å². The average molecular weight is 258 g/mol. The van der Waals surface area contributed by atoms with Gasteiger partial charge in [0.25, 0.3) is 0 Å². The molecular weight excluding hydrogens is 236 g/mol. The fourth-order valence-electron chi connectivity index (χ4n) is 2.41. The Kier molecular flexibility index (Phi) is 4.43. The Balaban J connectivity index is 2.18. The maximum atomic E-state index is 6.00. The van der Waals surface area contributed by atoms with Gasteiger partial charge in [-0.05, 0) is 44.4 Å². The largest absolute Gasteiger partial charge is 0.497 e. The van der Waals surface area contributed by atoms with Crippen LogP contribution in [-0.2, 0) is 10.3 Å². The Morgan fingerprint density at radius 2 is 2.05 bits per heavy atom. The summed E-state index contributed by atoms with van der Waals surface area (Å²) in [5.41, 5.74) is 2.29. The third-order valence-electron chi connectivity index (χ3n) is 3.47. The minimum Gasteiger partial charge on any atom is -0.497 e. The first-order chi connectivity index (χ1) is 9.16. The Labute approximate surface area is 115 Å². The van der Waals surface area contributed by atoms with E-state index in [1.807, 2.05) is 12.1 Å². The molecule has 1 aliphatic rings. The third kappa shape index (κ3) is 3.27. The summed E-state index contributed by atoms with van der Waals surface area (Å²) in [7, 11) is 1.69. The highest BCUT2D eigenvalue weighted by atomic mass is 16.5. The lowest BCUT2D eigenvalue weighted by molar-refractivity contribution is 0.0164. The number of ether oxygens (including phenoxy) is 2. The van der Waals surface area contributed by atoms with E-state index in [1.165, 1.54) is 11.1 Å². The third-order valence-corrected chi connectivity index (χ3v) is 3.47. The number of benzene rings is 1. The topological polar surface area (TPSA) is 18.5 Å². The van der Waals surface area contributed by atoms with Crippen molar-refractivity contribution < 1.29 is 9.47 Å². The molecule has 1 heterocycles. The van der Waals surface area contributed by atoms with Crippen LogP contribution in [0.15, 0.2) is 48.1 Å². The molecule has 102 valence electrons. The maximum absolute atomic E-state index is 6.00. The number of hydrogen-bond donors (Lipinski definition) is 0. The predicted molar refractivity (Wildman–Crippen MR) is 78.4 cm³/mol. The van der Waals surface area contributed by atoms with E-state index in [9.17, 15) is 0 Å². The zero-order valence-corrected chi connectivity index (χ0v) is 12.0. The molecule has 0 aromatic heterocycles. The summed E-state index contributed by atoms with van der Waals surface area (Å²) in [4.78, 5) is 0. The van der Waals surface area contributed by atoms with Crippen molar-refractivity contribution in [2.45, 2.75) is 32.3 Å². The maximum Gasteiger partial charge on any atom is 0.118 e. The van der Waals surface area contributed by atoms with Crippen molar-refractivity contribution in [3.8, 4) is 5.75 Å². The molecule has 0 aliphatic carbocycles. The van der Waals surface area contributed by atoms with Gasteiger partial charge in [-0.1, -0.05) is 35.9 Å². The first-order valence-corrected chi connectivity index (χ1v) is 6.76. The number of rotatable bonds is 5. The second-order valence-electron chi connectivity index (χ2n) is 5.15. The smallest absolute Gasteiger partial charge is 0.118 e. The Morgan fingerprint density at radius 1 is 1.32 bits per heavy atom. The molecule has 0 N–H and O–H groups in total. The zero-order chi connectivity index (χ0) is 13.7. The minimum absolute atomic E-state index is 0.266. The average Bonchev–Trinajstić information content (AvgIpc) is 2.88. The lowest BCUT2D eigenvalue weighted by atomic mass is 9.89. The summed E-state index contributed by atoms with van der Waals surface area (Å²) in [6.07, 6.45) is 8.56.